The van der Waals surface area contributed by atoms with E-state index >= 15 is 0 Å². The molecular weight excluding hydrogens is 246 g/mol. The highest BCUT2D eigenvalue weighted by Gasteiger charge is 2.12. The van der Waals surface area contributed by atoms with Gasteiger partial charge in [0.05, 0.1) is 5.02 Å². The predicted molar refractivity (Wildman–Crippen MR) is 73.2 cm³/mol. The van der Waals surface area contributed by atoms with E-state index in [1.165, 1.54) is 11.8 Å². The van der Waals surface area contributed by atoms with Crippen LogP contribution in [0.5, 0.6) is 0 Å². The van der Waals surface area contributed by atoms with E-state index in [9.17, 15) is 4.79 Å². The summed E-state index contributed by atoms with van der Waals surface area (Å²) in [6, 6.07) is 9.28. The van der Waals surface area contributed by atoms with Crippen molar-refractivity contribution in [3.05, 3.63) is 64.4 Å². The molecule has 2 aromatic rings. The molecule has 0 aliphatic carbocycles. The van der Waals surface area contributed by atoms with Gasteiger partial charge in [0, 0.05) is 23.5 Å². The first kappa shape index (κ1) is 12.8. The van der Waals surface area contributed by atoms with Crippen LogP contribution in [0.4, 0.5) is 0 Å². The van der Waals surface area contributed by atoms with Gasteiger partial charge in [-0.25, -0.2) is 0 Å². The standard InChI is InChI=1S/C15H14ClNO/c1-10(2)11-3-5-12(6-4-11)15(18)13-7-8-17-9-14(13)16/h3-10H,1-2H3. The summed E-state index contributed by atoms with van der Waals surface area (Å²) in [5, 5.41) is 0.385. The van der Waals surface area contributed by atoms with Gasteiger partial charge in [0.2, 0.25) is 0 Å². The van der Waals surface area contributed by atoms with Gasteiger partial charge in [-0.15, -0.1) is 0 Å². The molecule has 0 spiro atoms. The Morgan fingerprint density at radius 2 is 1.83 bits per heavy atom. The van der Waals surface area contributed by atoms with E-state index in [-0.39, 0.29) is 5.78 Å². The summed E-state index contributed by atoms with van der Waals surface area (Å²) in [6.07, 6.45) is 3.05. The van der Waals surface area contributed by atoms with Crippen molar-refractivity contribution in [1.82, 2.24) is 4.98 Å². The van der Waals surface area contributed by atoms with Crippen LogP contribution < -0.4 is 0 Å². The molecular formula is C15H14ClNO. The van der Waals surface area contributed by atoms with Crippen molar-refractivity contribution in [3.8, 4) is 0 Å². The summed E-state index contributed by atoms with van der Waals surface area (Å²) in [6.45, 7) is 4.24. The molecule has 0 fully saturated rings. The second kappa shape index (κ2) is 5.32. The molecule has 2 rings (SSSR count). The van der Waals surface area contributed by atoms with Crippen molar-refractivity contribution in [2.45, 2.75) is 19.8 Å². The third-order valence-electron chi connectivity index (χ3n) is 2.86. The number of rotatable bonds is 3. The molecule has 0 bridgehead atoms. The number of aromatic nitrogens is 1. The van der Waals surface area contributed by atoms with Crippen molar-refractivity contribution in [2.24, 2.45) is 0 Å². The highest BCUT2D eigenvalue weighted by Crippen LogP contribution is 2.20. The topological polar surface area (TPSA) is 30.0 Å². The Balaban J connectivity index is 2.32. The van der Waals surface area contributed by atoms with Crippen molar-refractivity contribution in [1.29, 1.82) is 0 Å². The summed E-state index contributed by atoms with van der Waals surface area (Å²) < 4.78 is 0. The molecule has 3 heteroatoms. The van der Waals surface area contributed by atoms with Gasteiger partial charge in [-0.1, -0.05) is 49.7 Å². The Hall–Kier alpha value is -1.67. The third-order valence-corrected chi connectivity index (χ3v) is 3.16. The minimum absolute atomic E-state index is 0.0716. The van der Waals surface area contributed by atoms with Crippen LogP contribution in [0.2, 0.25) is 5.02 Å². The SMILES string of the molecule is CC(C)c1ccc(C(=O)c2ccncc2Cl)cc1. The normalized spacial score (nSPS) is 10.7. The summed E-state index contributed by atoms with van der Waals surface area (Å²) in [5.74, 6) is 0.386. The second-order valence-corrected chi connectivity index (χ2v) is 4.87. The maximum Gasteiger partial charge on any atom is 0.194 e. The molecule has 0 aliphatic heterocycles. The van der Waals surface area contributed by atoms with E-state index < -0.39 is 0 Å². The van der Waals surface area contributed by atoms with Crippen LogP contribution in [-0.2, 0) is 0 Å². The van der Waals surface area contributed by atoms with Gasteiger partial charge in [-0.05, 0) is 17.5 Å². The molecule has 2 nitrogen and oxygen atoms in total. The number of nitrogens with zero attached hydrogens (tertiary/aromatic N) is 1. The molecule has 0 amide bonds. The lowest BCUT2D eigenvalue weighted by atomic mass is 9.98. The average molecular weight is 260 g/mol. The van der Waals surface area contributed by atoms with Gasteiger partial charge in [0.25, 0.3) is 0 Å². The van der Waals surface area contributed by atoms with E-state index in [1.807, 2.05) is 24.3 Å². The van der Waals surface area contributed by atoms with Gasteiger partial charge in [0.15, 0.2) is 5.78 Å². The number of pyridine rings is 1. The molecule has 92 valence electrons. The first-order chi connectivity index (χ1) is 8.59. The molecule has 0 unspecified atom stereocenters. The molecule has 0 aliphatic rings. The second-order valence-electron chi connectivity index (χ2n) is 4.46. The maximum atomic E-state index is 12.2. The Bertz CT molecular complexity index is 561. The Kier molecular flexibility index (Phi) is 3.78. The van der Waals surface area contributed by atoms with Crippen molar-refractivity contribution in [3.63, 3.8) is 0 Å². The van der Waals surface area contributed by atoms with Crippen LogP contribution in [0.15, 0.2) is 42.7 Å². The minimum Gasteiger partial charge on any atom is -0.289 e. The number of benzene rings is 1. The Morgan fingerprint density at radius 3 is 2.39 bits per heavy atom. The molecule has 0 N–H and O–H groups in total. The van der Waals surface area contributed by atoms with Crippen LogP contribution in [-0.4, -0.2) is 10.8 Å². The molecule has 1 heterocycles. The number of carbonyl (C=O) groups excluding carboxylic acids is 1. The lowest BCUT2D eigenvalue weighted by Crippen LogP contribution is -2.02. The van der Waals surface area contributed by atoms with Crippen LogP contribution >= 0.6 is 11.6 Å². The van der Waals surface area contributed by atoms with Gasteiger partial charge in [0.1, 0.15) is 0 Å². The zero-order chi connectivity index (χ0) is 13.1. The van der Waals surface area contributed by atoms with Gasteiger partial charge in [-0.2, -0.15) is 0 Å². The van der Waals surface area contributed by atoms with Gasteiger partial charge < -0.3 is 0 Å². The highest BCUT2D eigenvalue weighted by molar-refractivity contribution is 6.34. The summed E-state index contributed by atoms with van der Waals surface area (Å²) in [5.41, 5.74) is 2.35. The monoisotopic (exact) mass is 259 g/mol. The number of halogens is 1. The number of hydrogen-bond donors (Lipinski definition) is 0. The fourth-order valence-electron chi connectivity index (χ4n) is 1.73. The van der Waals surface area contributed by atoms with E-state index in [0.29, 0.717) is 22.1 Å². The highest BCUT2D eigenvalue weighted by atomic mass is 35.5. The summed E-state index contributed by atoms with van der Waals surface area (Å²) in [4.78, 5) is 16.1. The minimum atomic E-state index is -0.0716. The van der Waals surface area contributed by atoms with Crippen molar-refractivity contribution in [2.75, 3.05) is 0 Å². The first-order valence-corrected chi connectivity index (χ1v) is 6.21. The number of ketones is 1. The van der Waals surface area contributed by atoms with Gasteiger partial charge >= 0.3 is 0 Å². The van der Waals surface area contributed by atoms with Crippen molar-refractivity contribution < 1.29 is 4.79 Å². The van der Waals surface area contributed by atoms with Crippen LogP contribution in [0.1, 0.15) is 41.3 Å². The van der Waals surface area contributed by atoms with Gasteiger partial charge in [-0.3, -0.25) is 9.78 Å². The van der Waals surface area contributed by atoms with Crippen LogP contribution in [0, 0.1) is 0 Å². The summed E-state index contributed by atoms with van der Waals surface area (Å²) in [7, 11) is 0. The molecule has 1 aromatic heterocycles. The van der Waals surface area contributed by atoms with Crippen LogP contribution in [0.3, 0.4) is 0 Å². The average Bonchev–Trinajstić information content (AvgIpc) is 2.38. The molecule has 1 aromatic carbocycles. The van der Waals surface area contributed by atoms with E-state index in [0.717, 1.165) is 0 Å². The fourth-order valence-corrected chi connectivity index (χ4v) is 1.94. The maximum absolute atomic E-state index is 12.2. The quantitative estimate of drug-likeness (QED) is 0.777. The first-order valence-electron chi connectivity index (χ1n) is 5.83. The van der Waals surface area contributed by atoms with E-state index in [1.54, 1.807) is 12.3 Å². The van der Waals surface area contributed by atoms with E-state index in [2.05, 4.69) is 18.8 Å². The number of carbonyl (C=O) groups is 1. The predicted octanol–water partition coefficient (Wildman–Crippen LogP) is 4.09. The molecule has 0 radical (unpaired) electrons. The Labute approximate surface area is 112 Å². The van der Waals surface area contributed by atoms with Crippen LogP contribution in [0.25, 0.3) is 0 Å². The molecule has 0 saturated heterocycles. The Morgan fingerprint density at radius 1 is 1.17 bits per heavy atom. The molecule has 0 saturated carbocycles. The molecule has 18 heavy (non-hydrogen) atoms. The largest absolute Gasteiger partial charge is 0.289 e. The van der Waals surface area contributed by atoms with E-state index in [4.69, 9.17) is 11.6 Å². The lowest BCUT2D eigenvalue weighted by Gasteiger charge is -2.07. The zero-order valence-electron chi connectivity index (χ0n) is 10.4. The third kappa shape index (κ3) is 2.59. The lowest BCUT2D eigenvalue weighted by molar-refractivity contribution is 0.103. The zero-order valence-corrected chi connectivity index (χ0v) is 11.1. The fraction of sp³-hybridized carbons (Fsp3) is 0.200. The smallest absolute Gasteiger partial charge is 0.194 e. The number of hydrogen-bond acceptors (Lipinski definition) is 2. The van der Waals surface area contributed by atoms with Crippen molar-refractivity contribution >= 4 is 17.4 Å². The summed E-state index contributed by atoms with van der Waals surface area (Å²) >= 11 is 5.97. The molecule has 0 atom stereocenters.